The molecule has 0 saturated carbocycles. The lowest BCUT2D eigenvalue weighted by Gasteiger charge is -2.54. The molecule has 0 aromatic carbocycles. The van der Waals surface area contributed by atoms with Crippen molar-refractivity contribution in [1.82, 2.24) is 4.90 Å². The second kappa shape index (κ2) is 23.9. The number of allylic oxidation sites excluding steroid dienone is 1. The van der Waals surface area contributed by atoms with E-state index in [1.54, 1.807) is 0 Å². The first kappa shape index (κ1) is 54.0. The van der Waals surface area contributed by atoms with Crippen molar-refractivity contribution >= 4 is 5.97 Å². The standard InChI is InChI=1S/C48H85NO14/c1-11-34(51)23-35-18-15-20-48(62-35)31(6)44-29(4)38(63-48)24-36(52)33(22-27(2)26-50)17-14-12-13-16-28(3)42(55)45(61-40-25-37(53)41(49(9)10)32(7)59-40)43(56)30(5)46(57)47(8,58)21-19-39(54)60-44/h14,17,19,21,27-38,40-46,50-53,55-58H,11-13,15-16,18,20,22-26H2,1-10H3/b17-14+,21-19+/t27-,28-,29-,30-,31+,32-,33?,34-,35+,36-,37-,38-,40-,41+,42+,43+,44-,45+,46-,47+,48+/m0/s1. The fourth-order valence-electron chi connectivity index (χ4n) is 10.5. The summed E-state index contributed by atoms with van der Waals surface area (Å²) in [4.78, 5) is 15.7. The van der Waals surface area contributed by atoms with Crippen molar-refractivity contribution in [3.8, 4) is 0 Å². The summed E-state index contributed by atoms with van der Waals surface area (Å²) in [5, 5.41) is 90.6. The summed E-state index contributed by atoms with van der Waals surface area (Å²) in [6.07, 6.45) is 0.704. The summed E-state index contributed by atoms with van der Waals surface area (Å²) < 4.78 is 32.4. The highest BCUT2D eigenvalue weighted by Gasteiger charge is 2.56. The van der Waals surface area contributed by atoms with Crippen LogP contribution in [-0.2, 0) is 28.5 Å². The highest BCUT2D eigenvalue weighted by atomic mass is 16.7. The highest BCUT2D eigenvalue weighted by Crippen LogP contribution is 2.48. The predicted octanol–water partition coefficient (Wildman–Crippen LogP) is 3.59. The summed E-state index contributed by atoms with van der Waals surface area (Å²) in [6, 6.07) is -0.306. The molecule has 3 fully saturated rings. The third-order valence-electron chi connectivity index (χ3n) is 14.7. The van der Waals surface area contributed by atoms with Crippen molar-refractivity contribution in [3.05, 3.63) is 24.3 Å². The first-order valence-corrected chi connectivity index (χ1v) is 23.9. The largest absolute Gasteiger partial charge is 0.458 e. The first-order chi connectivity index (χ1) is 29.5. The van der Waals surface area contributed by atoms with Gasteiger partial charge in [-0.2, -0.15) is 0 Å². The maximum atomic E-state index is 13.8. The second-order valence-corrected chi connectivity index (χ2v) is 20.2. The smallest absolute Gasteiger partial charge is 0.330 e. The summed E-state index contributed by atoms with van der Waals surface area (Å²) in [7, 11) is 3.69. The van der Waals surface area contributed by atoms with Gasteiger partial charge in [0, 0.05) is 55.6 Å². The van der Waals surface area contributed by atoms with E-state index in [4.69, 9.17) is 23.7 Å². The number of hydrogen-bond donors (Lipinski definition) is 8. The van der Waals surface area contributed by atoms with E-state index in [0.717, 1.165) is 25.0 Å². The van der Waals surface area contributed by atoms with Gasteiger partial charge in [0.15, 0.2) is 12.1 Å². The Bertz CT molecular complexity index is 1440. The van der Waals surface area contributed by atoms with Crippen molar-refractivity contribution in [1.29, 1.82) is 0 Å². The number of aliphatic hydroxyl groups is 8. The van der Waals surface area contributed by atoms with Crippen molar-refractivity contribution in [2.24, 2.45) is 35.5 Å². The summed E-state index contributed by atoms with van der Waals surface area (Å²) in [6.45, 7) is 14.1. The van der Waals surface area contributed by atoms with Gasteiger partial charge in [-0.25, -0.2) is 4.79 Å². The molecule has 0 amide bonds. The fourth-order valence-corrected chi connectivity index (χ4v) is 10.5. The maximum absolute atomic E-state index is 13.8. The number of carbonyl (C=O) groups is 1. The third kappa shape index (κ3) is 14.0. The van der Waals surface area contributed by atoms with Crippen LogP contribution in [0.25, 0.3) is 0 Å². The van der Waals surface area contributed by atoms with Gasteiger partial charge in [-0.1, -0.05) is 53.7 Å². The molecule has 4 heterocycles. The number of likely N-dealkylation sites (N-methyl/N-ethyl adjacent to an activating group) is 1. The molecule has 63 heavy (non-hydrogen) atoms. The number of fused-ring (bicyclic) bond motifs is 2. The minimum absolute atomic E-state index is 0.0502. The molecule has 15 nitrogen and oxygen atoms in total. The molecule has 1 spiro atoms. The number of aliphatic hydroxyl groups excluding tert-OH is 7. The Labute approximate surface area is 376 Å². The molecule has 4 rings (SSSR count). The molecule has 3 saturated heterocycles. The summed E-state index contributed by atoms with van der Waals surface area (Å²) in [5.74, 6) is -4.77. The molecule has 15 heteroatoms. The molecule has 0 aromatic heterocycles. The molecule has 0 aromatic rings. The van der Waals surface area contributed by atoms with E-state index in [1.807, 2.05) is 72.7 Å². The van der Waals surface area contributed by atoms with Gasteiger partial charge >= 0.3 is 5.97 Å². The van der Waals surface area contributed by atoms with Crippen molar-refractivity contribution < 1.29 is 69.3 Å². The zero-order chi connectivity index (χ0) is 47.0. The van der Waals surface area contributed by atoms with Crippen LogP contribution in [0.3, 0.4) is 0 Å². The van der Waals surface area contributed by atoms with Crippen molar-refractivity contribution in [2.75, 3.05) is 20.7 Å². The van der Waals surface area contributed by atoms with Crippen LogP contribution in [0, 0.1) is 35.5 Å². The van der Waals surface area contributed by atoms with Gasteiger partial charge in [0.1, 0.15) is 17.8 Å². The van der Waals surface area contributed by atoms with E-state index in [-0.39, 0.29) is 43.4 Å². The molecule has 8 N–H and O–H groups in total. The van der Waals surface area contributed by atoms with Crippen LogP contribution in [-0.4, -0.2) is 163 Å². The van der Waals surface area contributed by atoms with Gasteiger partial charge in [-0.05, 0) is 97.2 Å². The lowest BCUT2D eigenvalue weighted by Crippen LogP contribution is -2.62. The molecule has 4 aliphatic rings. The molecule has 1 unspecified atom stereocenters. The van der Waals surface area contributed by atoms with Crippen LogP contribution in [0.5, 0.6) is 0 Å². The highest BCUT2D eigenvalue weighted by molar-refractivity contribution is 5.82. The van der Waals surface area contributed by atoms with Crippen LogP contribution in [0.2, 0.25) is 0 Å². The Morgan fingerprint density at radius 3 is 2.27 bits per heavy atom. The number of nitrogens with zero attached hydrogens (tertiary/aromatic N) is 1. The van der Waals surface area contributed by atoms with E-state index < -0.39 is 108 Å². The number of esters is 1. The van der Waals surface area contributed by atoms with E-state index in [1.165, 1.54) is 13.8 Å². The minimum atomic E-state index is -2.06. The monoisotopic (exact) mass is 900 g/mol. The number of hydrogen-bond acceptors (Lipinski definition) is 15. The lowest BCUT2D eigenvalue weighted by atomic mass is 9.75. The summed E-state index contributed by atoms with van der Waals surface area (Å²) in [5.41, 5.74) is -2.06. The Balaban J connectivity index is 1.70. The lowest BCUT2D eigenvalue weighted by molar-refractivity contribution is -0.366. The van der Waals surface area contributed by atoms with Gasteiger partial charge < -0.3 is 69.4 Å². The van der Waals surface area contributed by atoms with Crippen molar-refractivity contribution in [2.45, 2.75) is 217 Å². The number of carbonyl (C=O) groups excluding carboxylic acids is 1. The molecule has 4 aliphatic heterocycles. The third-order valence-corrected chi connectivity index (χ3v) is 14.7. The Kier molecular flexibility index (Phi) is 20.5. The normalized spacial score (nSPS) is 46.3. The molecule has 21 atom stereocenters. The quantitative estimate of drug-likeness (QED) is 0.122. The SMILES string of the molecule is CC[C@H](O)C[C@H]1CCC[C@@]2(O1)O[C@H]1C[C@H](O)C(C[C@H](C)CO)/C=C/CCC[C@H](C)[C@@H](O)[C@@H](O[C@H]3C[C@H](O)[C@H](N(C)C)[C@H](C)O3)[C@H](O)[C@H](C)[C@H](O)[C@](C)(O)/C=C/C(=O)O[C@@H]([C@H]1C)[C@H]2C. The summed E-state index contributed by atoms with van der Waals surface area (Å²) >= 11 is 0. The molecular weight excluding hydrogens is 815 g/mol. The van der Waals surface area contributed by atoms with Crippen LogP contribution in [0.1, 0.15) is 126 Å². The van der Waals surface area contributed by atoms with E-state index >= 15 is 0 Å². The average Bonchev–Trinajstić information content (AvgIpc) is 3.23. The molecule has 366 valence electrons. The second-order valence-electron chi connectivity index (χ2n) is 20.2. The maximum Gasteiger partial charge on any atom is 0.330 e. The zero-order valence-electron chi connectivity index (χ0n) is 39.7. The predicted molar refractivity (Wildman–Crippen MR) is 237 cm³/mol. The number of ether oxygens (including phenoxy) is 5. The molecule has 2 bridgehead atoms. The molecular formula is C48H85NO14. The average molecular weight is 900 g/mol. The Morgan fingerprint density at radius 1 is 0.937 bits per heavy atom. The van der Waals surface area contributed by atoms with Crippen LogP contribution >= 0.6 is 0 Å². The van der Waals surface area contributed by atoms with E-state index in [9.17, 15) is 45.6 Å². The first-order valence-electron chi connectivity index (χ1n) is 23.9. The fraction of sp³-hybridized carbons (Fsp3) is 0.896. The molecule has 0 aliphatic carbocycles. The van der Waals surface area contributed by atoms with Gasteiger partial charge in [0.25, 0.3) is 0 Å². The Morgan fingerprint density at radius 2 is 1.63 bits per heavy atom. The Hall–Kier alpha value is -1.57. The topological polar surface area (TPSA) is 228 Å². The van der Waals surface area contributed by atoms with Gasteiger partial charge in [-0.3, -0.25) is 0 Å². The van der Waals surface area contributed by atoms with Crippen LogP contribution in [0.15, 0.2) is 24.3 Å². The van der Waals surface area contributed by atoms with Gasteiger partial charge in [-0.15, -0.1) is 0 Å². The van der Waals surface area contributed by atoms with Crippen molar-refractivity contribution in [3.63, 3.8) is 0 Å². The number of rotatable bonds is 9. The molecule has 0 radical (unpaired) electrons. The van der Waals surface area contributed by atoms with Gasteiger partial charge in [0.05, 0.1) is 61.0 Å². The van der Waals surface area contributed by atoms with E-state index in [2.05, 4.69) is 0 Å². The van der Waals surface area contributed by atoms with Crippen LogP contribution < -0.4 is 0 Å². The van der Waals surface area contributed by atoms with E-state index in [0.29, 0.717) is 44.9 Å². The van der Waals surface area contributed by atoms with Crippen LogP contribution in [0.4, 0.5) is 0 Å². The minimum Gasteiger partial charge on any atom is -0.458 e. The zero-order valence-corrected chi connectivity index (χ0v) is 39.7. The van der Waals surface area contributed by atoms with Gasteiger partial charge in [0.2, 0.25) is 0 Å².